The molecule has 0 aliphatic rings. The third-order valence-electron chi connectivity index (χ3n) is 0. The molecule has 0 rings (SSSR count). The average Bonchev–Trinajstić information content (AvgIpc) is 1.76. The summed E-state index contributed by atoms with van der Waals surface area (Å²) < 4.78 is 0. The smallest absolute Gasteiger partial charge is 0.394 e. The van der Waals surface area contributed by atoms with E-state index in [9.17, 15) is 0 Å². The quantitative estimate of drug-likeness (QED) is 0.448. The van der Waals surface area contributed by atoms with Gasteiger partial charge in [0.2, 0.25) is 0 Å². The Morgan fingerprint density at radius 3 is 0.765 bits per heavy atom. The van der Waals surface area contributed by atoms with Gasteiger partial charge in [0.15, 0.2) is 0 Å². The summed E-state index contributed by atoms with van der Waals surface area (Å²) in [6, 6.07) is 0. The zero-order chi connectivity index (χ0) is 14.3. The standard InChI is InChI=1S/C3H8O.3NO3.Y/c1-3(2)4;3*2-1(3)4;/h3-4H,1-2H3;;;;/q;3*-1;+3. The van der Waals surface area contributed by atoms with Crippen LogP contribution in [0.1, 0.15) is 13.8 Å². The average molecular weight is 335 g/mol. The van der Waals surface area contributed by atoms with Gasteiger partial charge >= 0.3 is 32.7 Å². The molecule has 0 unspecified atom stereocenters. The molecular formula is C3H8N3O10Y. The minimum atomic E-state index is -1.75. The Hall–Kier alpha value is -1.34. The van der Waals surface area contributed by atoms with Crippen molar-refractivity contribution in [2.24, 2.45) is 0 Å². The molecule has 0 atom stereocenters. The van der Waals surface area contributed by atoms with Crippen molar-refractivity contribution in [2.75, 3.05) is 0 Å². The molecule has 98 valence electrons. The van der Waals surface area contributed by atoms with Gasteiger partial charge in [-0.1, -0.05) is 0 Å². The summed E-state index contributed by atoms with van der Waals surface area (Å²) in [7, 11) is 0. The van der Waals surface area contributed by atoms with Crippen LogP contribution in [-0.4, -0.2) is 26.5 Å². The first-order valence-electron chi connectivity index (χ1n) is 3.06. The summed E-state index contributed by atoms with van der Waals surface area (Å²) >= 11 is 0. The van der Waals surface area contributed by atoms with Crippen molar-refractivity contribution < 1.29 is 53.1 Å². The molecule has 0 bridgehead atoms. The zero-order valence-electron chi connectivity index (χ0n) is 8.62. The van der Waals surface area contributed by atoms with E-state index in [1.165, 1.54) is 0 Å². The number of aliphatic hydroxyl groups is 1. The summed E-state index contributed by atoms with van der Waals surface area (Å²) in [4.78, 5) is 24.8. The van der Waals surface area contributed by atoms with Gasteiger partial charge in [0.05, 0.1) is 15.3 Å². The summed E-state index contributed by atoms with van der Waals surface area (Å²) in [5.74, 6) is 0. The van der Waals surface area contributed by atoms with E-state index in [0.29, 0.717) is 0 Å². The van der Waals surface area contributed by atoms with Crippen LogP contribution in [0.25, 0.3) is 0 Å². The Morgan fingerprint density at radius 1 is 0.765 bits per heavy atom. The molecule has 0 saturated carbocycles. The Kier molecular flexibility index (Phi) is 41.9. The number of hydrogen-bond donors (Lipinski definition) is 1. The van der Waals surface area contributed by atoms with Crippen molar-refractivity contribution in [3.63, 3.8) is 0 Å². The van der Waals surface area contributed by atoms with E-state index < -0.39 is 15.3 Å². The van der Waals surface area contributed by atoms with Crippen molar-refractivity contribution in [3.8, 4) is 0 Å². The fraction of sp³-hybridized carbons (Fsp3) is 1.00. The molecule has 0 aromatic carbocycles. The van der Waals surface area contributed by atoms with Gasteiger partial charge in [-0.25, -0.2) is 0 Å². The Labute approximate surface area is 119 Å². The third kappa shape index (κ3) is 1320. The monoisotopic (exact) mass is 335 g/mol. The minimum absolute atomic E-state index is 0. The van der Waals surface area contributed by atoms with Crippen molar-refractivity contribution in [1.29, 1.82) is 0 Å². The topological polar surface area (TPSA) is 219 Å². The van der Waals surface area contributed by atoms with Crippen LogP contribution in [0.5, 0.6) is 0 Å². The van der Waals surface area contributed by atoms with E-state index >= 15 is 0 Å². The van der Waals surface area contributed by atoms with Crippen molar-refractivity contribution in [2.45, 2.75) is 20.0 Å². The van der Waals surface area contributed by atoms with Gasteiger partial charge in [0.1, 0.15) is 0 Å². The normalized spacial score (nSPS) is 6.35. The number of hydrogen-bond acceptors (Lipinski definition) is 10. The van der Waals surface area contributed by atoms with Crippen LogP contribution in [0, 0.1) is 46.0 Å². The maximum absolute atomic E-state index is 8.25. The first-order chi connectivity index (χ1) is 6.93. The molecule has 17 heavy (non-hydrogen) atoms. The number of rotatable bonds is 0. The van der Waals surface area contributed by atoms with Crippen LogP contribution >= 0.6 is 0 Å². The maximum atomic E-state index is 8.25. The Morgan fingerprint density at radius 2 is 0.765 bits per heavy atom. The molecule has 0 fully saturated rings. The molecule has 0 aromatic heterocycles. The molecule has 0 radical (unpaired) electrons. The zero-order valence-corrected chi connectivity index (χ0v) is 11.5. The van der Waals surface area contributed by atoms with E-state index in [2.05, 4.69) is 0 Å². The molecule has 0 amide bonds. The Bertz CT molecular complexity index is 154. The molecular weight excluding hydrogens is 327 g/mol. The Balaban J connectivity index is -0.0000000369. The van der Waals surface area contributed by atoms with Gasteiger partial charge in [-0.3, -0.25) is 0 Å². The summed E-state index contributed by atoms with van der Waals surface area (Å²) in [5.41, 5.74) is 0. The predicted molar refractivity (Wildman–Crippen MR) is 48.4 cm³/mol. The van der Waals surface area contributed by atoms with Crippen LogP contribution in [0.15, 0.2) is 0 Å². The third-order valence-corrected chi connectivity index (χ3v) is 0. The van der Waals surface area contributed by atoms with Crippen molar-refractivity contribution in [1.82, 2.24) is 0 Å². The van der Waals surface area contributed by atoms with E-state index in [1.807, 2.05) is 0 Å². The summed E-state index contributed by atoms with van der Waals surface area (Å²) in [5, 5.41) is 52.3. The van der Waals surface area contributed by atoms with E-state index in [-0.39, 0.29) is 38.8 Å². The van der Waals surface area contributed by atoms with Gasteiger partial charge in [0.25, 0.3) is 0 Å². The number of aliphatic hydroxyl groups excluding tert-OH is 1. The van der Waals surface area contributed by atoms with Crippen LogP contribution in [0.4, 0.5) is 0 Å². The first-order valence-corrected chi connectivity index (χ1v) is 3.06. The van der Waals surface area contributed by atoms with Gasteiger partial charge in [-0.15, -0.1) is 0 Å². The van der Waals surface area contributed by atoms with Crippen LogP contribution in [-0.2, 0) is 32.7 Å². The molecule has 13 nitrogen and oxygen atoms in total. The SMILES string of the molecule is CC(C)O.O=[N+]([O-])[O-].O=[N+]([O-])[O-].O=[N+]([O-])[O-].[Y+3]. The van der Waals surface area contributed by atoms with E-state index in [4.69, 9.17) is 51.1 Å². The molecule has 0 heterocycles. The second-order valence-corrected chi connectivity index (χ2v) is 1.76. The molecule has 1 N–H and O–H groups in total. The summed E-state index contributed by atoms with van der Waals surface area (Å²) in [6.45, 7) is 3.44. The van der Waals surface area contributed by atoms with Crippen LogP contribution in [0.3, 0.4) is 0 Å². The van der Waals surface area contributed by atoms with Gasteiger partial charge in [-0.2, -0.15) is 0 Å². The molecule has 0 aromatic rings. The second-order valence-electron chi connectivity index (χ2n) is 1.76. The van der Waals surface area contributed by atoms with Crippen molar-refractivity contribution in [3.05, 3.63) is 46.0 Å². The van der Waals surface area contributed by atoms with Crippen molar-refractivity contribution >= 4 is 0 Å². The van der Waals surface area contributed by atoms with E-state index in [1.54, 1.807) is 13.8 Å². The largest absolute Gasteiger partial charge is 3.00 e. The van der Waals surface area contributed by atoms with E-state index in [0.717, 1.165) is 0 Å². The van der Waals surface area contributed by atoms with Gasteiger partial charge in [0, 0.05) is 6.10 Å². The minimum Gasteiger partial charge on any atom is -0.394 e. The van der Waals surface area contributed by atoms with Gasteiger partial charge in [-0.05, 0) is 13.8 Å². The molecule has 14 heteroatoms. The molecule has 0 saturated heterocycles. The fourth-order valence-corrected chi connectivity index (χ4v) is 0. The van der Waals surface area contributed by atoms with Gasteiger partial charge < -0.3 is 51.1 Å². The van der Waals surface area contributed by atoms with Crippen LogP contribution < -0.4 is 0 Å². The predicted octanol–water partition coefficient (Wildman–Crippen LogP) is -0.333. The summed E-state index contributed by atoms with van der Waals surface area (Å²) in [6.07, 6.45) is -0.167. The fourth-order valence-electron chi connectivity index (χ4n) is 0. The first kappa shape index (κ1) is 29.6. The second kappa shape index (κ2) is 24.1. The molecule has 0 aliphatic carbocycles. The van der Waals surface area contributed by atoms with Crippen LogP contribution in [0.2, 0.25) is 0 Å². The maximum Gasteiger partial charge on any atom is 3.00 e. The molecule has 0 aliphatic heterocycles. The molecule has 0 spiro atoms. The number of nitrogens with zero attached hydrogens (tertiary/aromatic N) is 3.